The Kier molecular flexibility index (Phi) is 5.64. The van der Waals surface area contributed by atoms with Gasteiger partial charge in [0, 0.05) is 17.4 Å². The highest BCUT2D eigenvalue weighted by Crippen LogP contribution is 2.26. The zero-order chi connectivity index (χ0) is 20.1. The summed E-state index contributed by atoms with van der Waals surface area (Å²) in [6.45, 7) is 6.54. The van der Waals surface area contributed by atoms with Crippen LogP contribution in [0.4, 0.5) is 17.2 Å². The SMILES string of the molecule is COc1ccccc1NC(=O)c1ccnc(Nc2ccc(C(C)(C)C)cc2)c1. The molecule has 3 rings (SSSR count). The number of para-hydroxylation sites is 2. The summed E-state index contributed by atoms with van der Waals surface area (Å²) in [5.74, 6) is 0.997. The second kappa shape index (κ2) is 8.13. The molecule has 0 aliphatic carbocycles. The summed E-state index contributed by atoms with van der Waals surface area (Å²) < 4.78 is 5.28. The molecule has 0 bridgehead atoms. The largest absolute Gasteiger partial charge is 0.495 e. The molecule has 0 fully saturated rings. The van der Waals surface area contributed by atoms with Crippen LogP contribution in [0.2, 0.25) is 0 Å². The third kappa shape index (κ3) is 4.68. The number of hydrogen-bond donors (Lipinski definition) is 2. The van der Waals surface area contributed by atoms with E-state index in [0.29, 0.717) is 22.8 Å². The molecule has 0 saturated carbocycles. The van der Waals surface area contributed by atoms with Crippen LogP contribution in [0.25, 0.3) is 0 Å². The molecule has 0 aliphatic heterocycles. The quantitative estimate of drug-likeness (QED) is 0.628. The van der Waals surface area contributed by atoms with Gasteiger partial charge in [0.1, 0.15) is 11.6 Å². The topological polar surface area (TPSA) is 63.2 Å². The summed E-state index contributed by atoms with van der Waals surface area (Å²) in [6.07, 6.45) is 1.61. The Balaban J connectivity index is 1.74. The van der Waals surface area contributed by atoms with Crippen LogP contribution in [0.15, 0.2) is 66.9 Å². The first-order chi connectivity index (χ1) is 13.4. The van der Waals surface area contributed by atoms with Crippen LogP contribution in [0.5, 0.6) is 5.75 Å². The molecule has 5 nitrogen and oxygen atoms in total. The molecular formula is C23H25N3O2. The Labute approximate surface area is 165 Å². The fourth-order valence-electron chi connectivity index (χ4n) is 2.78. The number of ether oxygens (including phenoxy) is 1. The molecule has 0 saturated heterocycles. The highest BCUT2D eigenvalue weighted by Gasteiger charge is 2.13. The zero-order valence-electron chi connectivity index (χ0n) is 16.6. The fraction of sp³-hybridized carbons (Fsp3) is 0.217. The molecule has 1 amide bonds. The highest BCUT2D eigenvalue weighted by atomic mass is 16.5. The van der Waals surface area contributed by atoms with Gasteiger partial charge in [-0.3, -0.25) is 4.79 Å². The summed E-state index contributed by atoms with van der Waals surface area (Å²) in [4.78, 5) is 16.9. The first-order valence-electron chi connectivity index (χ1n) is 9.15. The molecule has 1 aromatic heterocycles. The first kappa shape index (κ1) is 19.4. The van der Waals surface area contributed by atoms with E-state index in [9.17, 15) is 4.79 Å². The number of aromatic nitrogens is 1. The van der Waals surface area contributed by atoms with Crippen LogP contribution in [-0.4, -0.2) is 18.0 Å². The number of carbonyl (C=O) groups is 1. The summed E-state index contributed by atoms with van der Waals surface area (Å²) >= 11 is 0. The number of hydrogen-bond acceptors (Lipinski definition) is 4. The summed E-state index contributed by atoms with van der Waals surface area (Å²) in [6, 6.07) is 18.9. The molecule has 2 aromatic carbocycles. The second-order valence-corrected chi connectivity index (χ2v) is 7.54. The number of rotatable bonds is 5. The van der Waals surface area contributed by atoms with E-state index in [1.165, 1.54) is 5.56 Å². The van der Waals surface area contributed by atoms with Crippen molar-refractivity contribution in [3.63, 3.8) is 0 Å². The van der Waals surface area contributed by atoms with Crippen LogP contribution < -0.4 is 15.4 Å². The Bertz CT molecular complexity index is 960. The molecule has 2 N–H and O–H groups in total. The highest BCUT2D eigenvalue weighted by molar-refractivity contribution is 6.05. The van der Waals surface area contributed by atoms with Crippen molar-refractivity contribution < 1.29 is 9.53 Å². The van der Waals surface area contributed by atoms with Crippen molar-refractivity contribution in [2.75, 3.05) is 17.7 Å². The zero-order valence-corrected chi connectivity index (χ0v) is 16.6. The van der Waals surface area contributed by atoms with E-state index in [1.54, 1.807) is 37.6 Å². The number of benzene rings is 2. The van der Waals surface area contributed by atoms with Gasteiger partial charge in [-0.25, -0.2) is 4.98 Å². The normalized spacial score (nSPS) is 11.0. The molecule has 0 unspecified atom stereocenters. The minimum absolute atomic E-state index is 0.104. The number of methoxy groups -OCH3 is 1. The average molecular weight is 375 g/mol. The third-order valence-electron chi connectivity index (χ3n) is 4.40. The molecule has 0 radical (unpaired) electrons. The standard InChI is InChI=1S/C23H25N3O2/c1-23(2,3)17-9-11-18(12-10-17)25-21-15-16(13-14-24-21)22(27)26-19-7-5-6-8-20(19)28-4/h5-15H,1-4H3,(H,24,25)(H,26,27). The summed E-state index contributed by atoms with van der Waals surface area (Å²) in [7, 11) is 1.57. The lowest BCUT2D eigenvalue weighted by Gasteiger charge is -2.19. The van der Waals surface area contributed by atoms with E-state index in [0.717, 1.165) is 5.69 Å². The molecular weight excluding hydrogens is 350 g/mol. The van der Waals surface area contributed by atoms with Gasteiger partial charge in [-0.1, -0.05) is 45.0 Å². The van der Waals surface area contributed by atoms with Gasteiger partial charge in [-0.2, -0.15) is 0 Å². The van der Waals surface area contributed by atoms with Gasteiger partial charge in [0.15, 0.2) is 0 Å². The summed E-state index contributed by atoms with van der Waals surface area (Å²) in [5.41, 5.74) is 3.42. The van der Waals surface area contributed by atoms with Crippen LogP contribution >= 0.6 is 0 Å². The van der Waals surface area contributed by atoms with Crippen LogP contribution in [0.1, 0.15) is 36.7 Å². The van der Waals surface area contributed by atoms with Crippen molar-refractivity contribution >= 4 is 23.1 Å². The fourth-order valence-corrected chi connectivity index (χ4v) is 2.78. The van der Waals surface area contributed by atoms with Gasteiger partial charge in [-0.15, -0.1) is 0 Å². The summed E-state index contributed by atoms with van der Waals surface area (Å²) in [5, 5.41) is 6.12. The van der Waals surface area contributed by atoms with E-state index in [4.69, 9.17) is 4.74 Å². The first-order valence-corrected chi connectivity index (χ1v) is 9.15. The van der Waals surface area contributed by atoms with Gasteiger partial charge >= 0.3 is 0 Å². The lowest BCUT2D eigenvalue weighted by atomic mass is 9.87. The Morgan fingerprint density at radius 2 is 1.71 bits per heavy atom. The third-order valence-corrected chi connectivity index (χ3v) is 4.40. The van der Waals surface area contributed by atoms with Crippen LogP contribution in [0, 0.1) is 0 Å². The van der Waals surface area contributed by atoms with Crippen molar-refractivity contribution in [1.82, 2.24) is 4.98 Å². The van der Waals surface area contributed by atoms with Crippen molar-refractivity contribution in [1.29, 1.82) is 0 Å². The van der Waals surface area contributed by atoms with Gasteiger partial charge < -0.3 is 15.4 Å². The smallest absolute Gasteiger partial charge is 0.255 e. The molecule has 144 valence electrons. The molecule has 5 heteroatoms. The van der Waals surface area contributed by atoms with Gasteiger partial charge in [0.2, 0.25) is 0 Å². The van der Waals surface area contributed by atoms with Gasteiger partial charge in [0.25, 0.3) is 5.91 Å². The minimum atomic E-state index is -0.224. The molecule has 0 atom stereocenters. The Morgan fingerprint density at radius 1 is 1.00 bits per heavy atom. The molecule has 0 aliphatic rings. The maximum absolute atomic E-state index is 12.6. The number of nitrogens with one attached hydrogen (secondary N) is 2. The molecule has 3 aromatic rings. The maximum Gasteiger partial charge on any atom is 0.255 e. The van der Waals surface area contributed by atoms with Crippen molar-refractivity contribution in [2.24, 2.45) is 0 Å². The van der Waals surface area contributed by atoms with E-state index in [-0.39, 0.29) is 11.3 Å². The number of anilines is 3. The van der Waals surface area contributed by atoms with Crippen molar-refractivity contribution in [3.05, 3.63) is 78.0 Å². The lowest BCUT2D eigenvalue weighted by Crippen LogP contribution is -2.13. The van der Waals surface area contributed by atoms with Crippen LogP contribution in [-0.2, 0) is 5.41 Å². The molecule has 28 heavy (non-hydrogen) atoms. The van der Waals surface area contributed by atoms with Crippen molar-refractivity contribution in [2.45, 2.75) is 26.2 Å². The average Bonchev–Trinajstić information content (AvgIpc) is 2.68. The lowest BCUT2D eigenvalue weighted by molar-refractivity contribution is 0.102. The Morgan fingerprint density at radius 3 is 2.39 bits per heavy atom. The minimum Gasteiger partial charge on any atom is -0.495 e. The van der Waals surface area contributed by atoms with E-state index in [2.05, 4.69) is 48.5 Å². The second-order valence-electron chi connectivity index (χ2n) is 7.54. The predicted molar refractivity (Wildman–Crippen MR) is 114 cm³/mol. The number of amides is 1. The number of pyridine rings is 1. The van der Waals surface area contributed by atoms with E-state index < -0.39 is 0 Å². The Hall–Kier alpha value is -3.34. The predicted octanol–water partition coefficient (Wildman–Crippen LogP) is 5.38. The van der Waals surface area contributed by atoms with Crippen molar-refractivity contribution in [3.8, 4) is 5.75 Å². The number of carbonyl (C=O) groups excluding carboxylic acids is 1. The van der Waals surface area contributed by atoms with E-state index in [1.807, 2.05) is 24.3 Å². The number of nitrogens with zero attached hydrogens (tertiary/aromatic N) is 1. The molecule has 0 spiro atoms. The van der Waals surface area contributed by atoms with Crippen LogP contribution in [0.3, 0.4) is 0 Å². The van der Waals surface area contributed by atoms with E-state index >= 15 is 0 Å². The monoisotopic (exact) mass is 375 g/mol. The molecule has 1 heterocycles. The maximum atomic E-state index is 12.6. The van der Waals surface area contributed by atoms with Gasteiger partial charge in [-0.05, 0) is 47.4 Å². The van der Waals surface area contributed by atoms with Gasteiger partial charge in [0.05, 0.1) is 12.8 Å².